The molecule has 5 fully saturated rings. The van der Waals surface area contributed by atoms with Crippen molar-refractivity contribution in [2.45, 2.75) is 90.4 Å². The van der Waals surface area contributed by atoms with Crippen LogP contribution in [0.5, 0.6) is 0 Å². The number of carbonyl (C=O) groups excluding carboxylic acids is 2. The van der Waals surface area contributed by atoms with Crippen molar-refractivity contribution in [1.82, 2.24) is 10.2 Å². The number of likely N-dealkylation sites (tertiary alicyclic amines) is 1. The van der Waals surface area contributed by atoms with Gasteiger partial charge in [-0.2, -0.15) is 0 Å². The molecule has 1 saturated heterocycles. The summed E-state index contributed by atoms with van der Waals surface area (Å²) in [7, 11) is 0. The molecule has 0 spiro atoms. The highest BCUT2D eigenvalue weighted by Gasteiger charge is 2.51. The first kappa shape index (κ1) is 20.8. The smallest absolute Gasteiger partial charge is 0.410 e. The predicted molar refractivity (Wildman–Crippen MR) is 110 cm³/mol. The van der Waals surface area contributed by atoms with Crippen LogP contribution in [-0.4, -0.2) is 47.4 Å². The summed E-state index contributed by atoms with van der Waals surface area (Å²) >= 11 is 0. The third-order valence-electron chi connectivity index (χ3n) is 7.79. The van der Waals surface area contributed by atoms with Crippen LogP contribution in [0.2, 0.25) is 0 Å². The molecule has 0 radical (unpaired) electrons. The fourth-order valence-corrected chi connectivity index (χ4v) is 6.47. The van der Waals surface area contributed by atoms with Gasteiger partial charge in [0, 0.05) is 13.1 Å². The molecule has 6 nitrogen and oxygen atoms in total. The van der Waals surface area contributed by atoms with Crippen molar-refractivity contribution in [2.24, 2.45) is 29.6 Å². The van der Waals surface area contributed by atoms with Crippen LogP contribution >= 0.6 is 0 Å². The standard InChI is InChI=1S/C23H38N2O4/c1-14(2)23(24-20(26)29-22(3,4)5)6-7-25(13-23)21(27)28-19-17-9-15-8-16(11-17)12-18(19)10-15/h14-19H,6-13H2,1-5H3,(H,24,26)/t15?,16?,17?,18?,19?,23-/m1/s1. The molecule has 4 aliphatic carbocycles. The van der Waals surface area contributed by atoms with E-state index in [9.17, 15) is 9.59 Å². The van der Waals surface area contributed by atoms with E-state index in [1.54, 1.807) is 4.90 Å². The molecule has 4 bridgehead atoms. The average Bonchev–Trinajstić information content (AvgIpc) is 3.01. The highest BCUT2D eigenvalue weighted by Crippen LogP contribution is 2.54. The normalized spacial score (nSPS) is 38.4. The fourth-order valence-electron chi connectivity index (χ4n) is 6.47. The Kier molecular flexibility index (Phi) is 5.27. The van der Waals surface area contributed by atoms with Crippen molar-refractivity contribution in [1.29, 1.82) is 0 Å². The lowest BCUT2D eigenvalue weighted by Gasteiger charge is -2.53. The van der Waals surface area contributed by atoms with Gasteiger partial charge in [0.05, 0.1) is 5.54 Å². The van der Waals surface area contributed by atoms with Crippen LogP contribution in [0.3, 0.4) is 0 Å². The molecule has 0 aromatic heterocycles. The van der Waals surface area contributed by atoms with E-state index in [2.05, 4.69) is 19.2 Å². The maximum Gasteiger partial charge on any atom is 0.410 e. The quantitative estimate of drug-likeness (QED) is 0.745. The van der Waals surface area contributed by atoms with Crippen molar-refractivity contribution in [3.05, 3.63) is 0 Å². The summed E-state index contributed by atoms with van der Waals surface area (Å²) < 4.78 is 11.6. The van der Waals surface area contributed by atoms with Gasteiger partial charge >= 0.3 is 12.2 Å². The van der Waals surface area contributed by atoms with Gasteiger partial charge in [0.2, 0.25) is 0 Å². The Morgan fingerprint density at radius 2 is 1.62 bits per heavy atom. The summed E-state index contributed by atoms with van der Waals surface area (Å²) in [6, 6.07) is 0. The Balaban J connectivity index is 1.37. The van der Waals surface area contributed by atoms with Gasteiger partial charge in [0.15, 0.2) is 0 Å². The van der Waals surface area contributed by atoms with Crippen molar-refractivity contribution in [3.63, 3.8) is 0 Å². The largest absolute Gasteiger partial charge is 0.446 e. The molecule has 164 valence electrons. The summed E-state index contributed by atoms with van der Waals surface area (Å²) in [6.07, 6.45) is 6.56. The molecule has 5 rings (SSSR count). The van der Waals surface area contributed by atoms with Crippen LogP contribution in [0.1, 0.15) is 73.1 Å². The van der Waals surface area contributed by atoms with E-state index in [0.29, 0.717) is 24.9 Å². The van der Waals surface area contributed by atoms with Gasteiger partial charge in [-0.1, -0.05) is 13.8 Å². The molecule has 4 saturated carbocycles. The first-order valence-corrected chi connectivity index (χ1v) is 11.5. The van der Waals surface area contributed by atoms with E-state index in [1.807, 2.05) is 20.8 Å². The molecular weight excluding hydrogens is 368 g/mol. The number of carbonyl (C=O) groups is 2. The highest BCUT2D eigenvalue weighted by atomic mass is 16.6. The Labute approximate surface area is 175 Å². The molecule has 1 atom stereocenters. The number of amides is 2. The van der Waals surface area contributed by atoms with Crippen LogP contribution < -0.4 is 5.32 Å². The molecule has 2 amide bonds. The monoisotopic (exact) mass is 406 g/mol. The van der Waals surface area contributed by atoms with Crippen LogP contribution in [-0.2, 0) is 9.47 Å². The van der Waals surface area contributed by atoms with E-state index < -0.39 is 17.2 Å². The predicted octanol–water partition coefficient (Wildman–Crippen LogP) is 4.57. The maximum atomic E-state index is 13.0. The van der Waals surface area contributed by atoms with Gasteiger partial charge in [0.1, 0.15) is 11.7 Å². The number of hydrogen-bond donors (Lipinski definition) is 1. The van der Waals surface area contributed by atoms with Crippen LogP contribution in [0.25, 0.3) is 0 Å². The lowest BCUT2D eigenvalue weighted by atomic mass is 9.55. The molecule has 1 aliphatic heterocycles. The summed E-state index contributed by atoms with van der Waals surface area (Å²) in [5, 5.41) is 3.08. The topological polar surface area (TPSA) is 67.9 Å². The third kappa shape index (κ3) is 4.22. The zero-order valence-electron chi connectivity index (χ0n) is 18.7. The first-order chi connectivity index (χ1) is 13.5. The second kappa shape index (κ2) is 7.35. The molecule has 0 unspecified atom stereocenters. The number of hydrogen-bond acceptors (Lipinski definition) is 4. The van der Waals surface area contributed by atoms with Crippen molar-refractivity contribution in [3.8, 4) is 0 Å². The van der Waals surface area contributed by atoms with E-state index in [-0.39, 0.29) is 18.1 Å². The first-order valence-electron chi connectivity index (χ1n) is 11.5. The van der Waals surface area contributed by atoms with Crippen molar-refractivity contribution >= 4 is 12.2 Å². The minimum absolute atomic E-state index is 0.100. The van der Waals surface area contributed by atoms with E-state index in [1.165, 1.54) is 32.1 Å². The lowest BCUT2D eigenvalue weighted by molar-refractivity contribution is -0.102. The average molecular weight is 407 g/mol. The van der Waals surface area contributed by atoms with Gasteiger partial charge in [-0.25, -0.2) is 9.59 Å². The van der Waals surface area contributed by atoms with Crippen LogP contribution in [0.15, 0.2) is 0 Å². The van der Waals surface area contributed by atoms with Crippen LogP contribution in [0, 0.1) is 29.6 Å². The third-order valence-corrected chi connectivity index (χ3v) is 7.79. The summed E-state index contributed by atoms with van der Waals surface area (Å²) in [4.78, 5) is 27.2. The minimum Gasteiger partial charge on any atom is -0.446 e. The summed E-state index contributed by atoms with van der Waals surface area (Å²) in [5.74, 6) is 3.05. The number of ether oxygens (including phenoxy) is 2. The Bertz CT molecular complexity index is 628. The number of nitrogens with zero attached hydrogens (tertiary/aromatic N) is 1. The minimum atomic E-state index is -0.543. The molecule has 1 N–H and O–H groups in total. The van der Waals surface area contributed by atoms with Crippen molar-refractivity contribution in [2.75, 3.05) is 13.1 Å². The molecule has 6 heteroatoms. The van der Waals surface area contributed by atoms with Gasteiger partial charge < -0.3 is 19.7 Å². The highest BCUT2D eigenvalue weighted by molar-refractivity contribution is 5.71. The molecular formula is C23H38N2O4. The van der Waals surface area contributed by atoms with E-state index >= 15 is 0 Å². The second-order valence-electron chi connectivity index (χ2n) is 11.4. The molecule has 5 aliphatic rings. The SMILES string of the molecule is CC(C)[C@@]1(NC(=O)OC(C)(C)C)CCN(C(=O)OC2C3CC4CC(C3)CC2C4)C1. The zero-order valence-corrected chi connectivity index (χ0v) is 18.7. The summed E-state index contributed by atoms with van der Waals surface area (Å²) in [5.41, 5.74) is -1.01. The zero-order chi connectivity index (χ0) is 21.0. The van der Waals surface area contributed by atoms with Gasteiger partial charge in [-0.3, -0.25) is 0 Å². The van der Waals surface area contributed by atoms with E-state index in [0.717, 1.165) is 18.3 Å². The number of nitrogens with one attached hydrogen (secondary N) is 1. The van der Waals surface area contributed by atoms with Gasteiger partial charge in [-0.15, -0.1) is 0 Å². The van der Waals surface area contributed by atoms with Crippen molar-refractivity contribution < 1.29 is 19.1 Å². The maximum absolute atomic E-state index is 13.0. The summed E-state index contributed by atoms with van der Waals surface area (Å²) in [6.45, 7) is 10.8. The van der Waals surface area contributed by atoms with Gasteiger partial charge in [-0.05, 0) is 88.9 Å². The second-order valence-corrected chi connectivity index (χ2v) is 11.4. The Morgan fingerprint density at radius 1 is 1.03 bits per heavy atom. The lowest BCUT2D eigenvalue weighted by Crippen LogP contribution is -2.56. The molecule has 1 heterocycles. The molecule has 0 aromatic carbocycles. The number of rotatable bonds is 3. The molecule has 29 heavy (non-hydrogen) atoms. The fraction of sp³-hybridized carbons (Fsp3) is 0.913. The van der Waals surface area contributed by atoms with Gasteiger partial charge in [0.25, 0.3) is 0 Å². The Hall–Kier alpha value is -1.46. The molecule has 0 aromatic rings. The van der Waals surface area contributed by atoms with Crippen LogP contribution in [0.4, 0.5) is 9.59 Å². The Morgan fingerprint density at radius 3 is 2.14 bits per heavy atom. The number of alkyl carbamates (subject to hydrolysis) is 1. The van der Waals surface area contributed by atoms with E-state index in [4.69, 9.17) is 9.47 Å².